The zero-order valence-electron chi connectivity index (χ0n) is 12.6. The van der Waals surface area contributed by atoms with Crippen molar-refractivity contribution in [3.8, 4) is 17.3 Å². The molecule has 0 bridgehead atoms. The van der Waals surface area contributed by atoms with Crippen LogP contribution in [-0.4, -0.2) is 28.0 Å². The summed E-state index contributed by atoms with van der Waals surface area (Å²) >= 11 is 0. The van der Waals surface area contributed by atoms with Crippen molar-refractivity contribution in [3.05, 3.63) is 60.4 Å². The van der Waals surface area contributed by atoms with E-state index < -0.39 is 0 Å². The summed E-state index contributed by atoms with van der Waals surface area (Å²) in [6.07, 6.45) is 3.55. The van der Waals surface area contributed by atoms with Crippen LogP contribution in [0.25, 0.3) is 11.5 Å². The fourth-order valence-corrected chi connectivity index (χ4v) is 2.14. The van der Waals surface area contributed by atoms with Crippen molar-refractivity contribution in [1.82, 2.24) is 15.0 Å². The molecule has 0 spiro atoms. The van der Waals surface area contributed by atoms with Gasteiger partial charge in [0.25, 0.3) is 0 Å². The maximum Gasteiger partial charge on any atom is 0.229 e. The molecule has 3 aromatic rings. The van der Waals surface area contributed by atoms with Crippen molar-refractivity contribution in [1.29, 1.82) is 0 Å². The highest BCUT2D eigenvalue weighted by Gasteiger charge is 2.08. The number of benzene rings is 1. The lowest BCUT2D eigenvalue weighted by Gasteiger charge is -2.04. The highest BCUT2D eigenvalue weighted by molar-refractivity contribution is 5.91. The Labute approximate surface area is 133 Å². The Morgan fingerprint density at radius 1 is 1.17 bits per heavy atom. The maximum atomic E-state index is 12.1. The highest BCUT2D eigenvalue weighted by Crippen LogP contribution is 2.15. The van der Waals surface area contributed by atoms with Gasteiger partial charge in [-0.2, -0.15) is 0 Å². The van der Waals surface area contributed by atoms with E-state index in [1.165, 1.54) is 0 Å². The quantitative estimate of drug-likeness (QED) is 0.759. The van der Waals surface area contributed by atoms with E-state index in [1.54, 1.807) is 19.5 Å². The fourth-order valence-electron chi connectivity index (χ4n) is 2.14. The molecule has 6 nitrogen and oxygen atoms in total. The molecule has 2 N–H and O–H groups in total. The maximum absolute atomic E-state index is 12.1. The number of carbonyl (C=O) groups is 1. The molecule has 0 aliphatic rings. The summed E-state index contributed by atoms with van der Waals surface area (Å²) in [5.41, 5.74) is 1.64. The van der Waals surface area contributed by atoms with Gasteiger partial charge in [0.1, 0.15) is 17.3 Å². The second-order valence-corrected chi connectivity index (χ2v) is 4.93. The first-order chi connectivity index (χ1) is 11.2. The number of methoxy groups -OCH3 is 1. The number of pyridine rings is 1. The Kier molecular flexibility index (Phi) is 4.33. The van der Waals surface area contributed by atoms with Crippen molar-refractivity contribution >= 4 is 11.7 Å². The molecule has 2 heterocycles. The molecule has 116 valence electrons. The molecule has 0 saturated heterocycles. The van der Waals surface area contributed by atoms with Gasteiger partial charge in [0, 0.05) is 6.20 Å². The molecular formula is C17H16N4O2. The largest absolute Gasteiger partial charge is 0.497 e. The topological polar surface area (TPSA) is 79.9 Å². The lowest BCUT2D eigenvalue weighted by atomic mass is 10.1. The minimum absolute atomic E-state index is 0.119. The normalized spacial score (nSPS) is 10.3. The zero-order valence-corrected chi connectivity index (χ0v) is 12.6. The minimum Gasteiger partial charge on any atom is -0.497 e. The number of anilines is 1. The number of carbonyl (C=O) groups excluding carboxylic acids is 1. The van der Waals surface area contributed by atoms with Crippen molar-refractivity contribution < 1.29 is 9.53 Å². The van der Waals surface area contributed by atoms with Gasteiger partial charge >= 0.3 is 0 Å². The number of nitrogens with one attached hydrogen (secondary N) is 2. The van der Waals surface area contributed by atoms with E-state index in [2.05, 4.69) is 20.3 Å². The summed E-state index contributed by atoms with van der Waals surface area (Å²) in [4.78, 5) is 23.5. The van der Waals surface area contributed by atoms with E-state index in [0.29, 0.717) is 11.6 Å². The van der Waals surface area contributed by atoms with Crippen molar-refractivity contribution in [2.75, 3.05) is 12.4 Å². The highest BCUT2D eigenvalue weighted by atomic mass is 16.5. The van der Waals surface area contributed by atoms with Crippen LogP contribution < -0.4 is 10.1 Å². The first kappa shape index (κ1) is 14.8. The van der Waals surface area contributed by atoms with Crippen LogP contribution in [0.15, 0.2) is 54.9 Å². The fraction of sp³-hybridized carbons (Fsp3) is 0.118. The lowest BCUT2D eigenvalue weighted by molar-refractivity contribution is -0.115. The molecule has 0 aliphatic carbocycles. The Morgan fingerprint density at radius 3 is 2.70 bits per heavy atom. The Morgan fingerprint density at radius 2 is 2.00 bits per heavy atom. The van der Waals surface area contributed by atoms with E-state index in [4.69, 9.17) is 4.74 Å². The summed E-state index contributed by atoms with van der Waals surface area (Å²) in [6, 6.07) is 13.0. The third-order valence-corrected chi connectivity index (χ3v) is 3.28. The number of H-pyrrole nitrogens is 1. The van der Waals surface area contributed by atoms with Gasteiger partial charge in [-0.1, -0.05) is 18.2 Å². The van der Waals surface area contributed by atoms with Crippen LogP contribution in [0, 0.1) is 0 Å². The first-order valence-electron chi connectivity index (χ1n) is 7.14. The number of nitrogens with zero attached hydrogens (tertiary/aromatic N) is 2. The molecule has 0 unspecified atom stereocenters. The predicted octanol–water partition coefficient (Wildman–Crippen LogP) is 2.66. The molecule has 1 aromatic carbocycles. The van der Waals surface area contributed by atoms with Crippen LogP contribution in [-0.2, 0) is 11.2 Å². The van der Waals surface area contributed by atoms with Crippen molar-refractivity contribution in [3.63, 3.8) is 0 Å². The molecule has 0 saturated carbocycles. The second kappa shape index (κ2) is 6.74. The zero-order chi connectivity index (χ0) is 16.1. The van der Waals surface area contributed by atoms with Crippen LogP contribution >= 0.6 is 0 Å². The Balaban J connectivity index is 1.63. The lowest BCUT2D eigenvalue weighted by Crippen LogP contribution is -2.14. The van der Waals surface area contributed by atoms with E-state index in [-0.39, 0.29) is 12.3 Å². The molecule has 0 radical (unpaired) electrons. The standard InChI is InChI=1S/C17H16N4O2/c1-23-13-7-5-12(6-8-13)10-16(22)20-15-11-19-17(21-15)14-4-2-3-9-18-14/h2-9,11H,10H2,1H3,(H,19,21)(H,20,22). The molecule has 0 aliphatic heterocycles. The van der Waals surface area contributed by atoms with Crippen molar-refractivity contribution in [2.24, 2.45) is 0 Å². The molecule has 0 fully saturated rings. The van der Waals surface area contributed by atoms with E-state index in [0.717, 1.165) is 17.0 Å². The van der Waals surface area contributed by atoms with Crippen LogP contribution in [0.1, 0.15) is 5.56 Å². The molecule has 23 heavy (non-hydrogen) atoms. The second-order valence-electron chi connectivity index (χ2n) is 4.93. The van der Waals surface area contributed by atoms with Crippen LogP contribution in [0.3, 0.4) is 0 Å². The van der Waals surface area contributed by atoms with Crippen LogP contribution in [0.5, 0.6) is 5.75 Å². The van der Waals surface area contributed by atoms with Crippen LogP contribution in [0.4, 0.5) is 5.82 Å². The third kappa shape index (κ3) is 3.74. The van der Waals surface area contributed by atoms with E-state index in [1.807, 2.05) is 42.5 Å². The smallest absolute Gasteiger partial charge is 0.229 e. The average molecular weight is 308 g/mol. The molecule has 0 atom stereocenters. The SMILES string of the molecule is COc1ccc(CC(=O)Nc2cnc(-c3ccccn3)[nH]2)cc1. The number of aromatic nitrogens is 3. The van der Waals surface area contributed by atoms with Crippen LogP contribution in [0.2, 0.25) is 0 Å². The van der Waals surface area contributed by atoms with E-state index >= 15 is 0 Å². The summed E-state index contributed by atoms with van der Waals surface area (Å²) in [5.74, 6) is 1.81. The number of imidazole rings is 1. The van der Waals surface area contributed by atoms with Gasteiger partial charge in [0.05, 0.1) is 19.7 Å². The molecule has 3 rings (SSSR count). The Hall–Kier alpha value is -3.15. The van der Waals surface area contributed by atoms with Crippen molar-refractivity contribution in [2.45, 2.75) is 6.42 Å². The average Bonchev–Trinajstić information content (AvgIpc) is 3.04. The van der Waals surface area contributed by atoms with Gasteiger partial charge in [0.2, 0.25) is 5.91 Å². The summed E-state index contributed by atoms with van der Waals surface area (Å²) in [5, 5.41) is 2.79. The minimum atomic E-state index is -0.119. The number of hydrogen-bond acceptors (Lipinski definition) is 4. The summed E-state index contributed by atoms with van der Waals surface area (Å²) in [6.45, 7) is 0. The molecule has 6 heteroatoms. The third-order valence-electron chi connectivity index (χ3n) is 3.28. The summed E-state index contributed by atoms with van der Waals surface area (Å²) < 4.78 is 5.09. The monoisotopic (exact) mass is 308 g/mol. The van der Waals surface area contributed by atoms with Gasteiger partial charge < -0.3 is 15.0 Å². The predicted molar refractivity (Wildman–Crippen MR) is 87.1 cm³/mol. The number of amides is 1. The number of rotatable bonds is 5. The van der Waals surface area contributed by atoms with Gasteiger partial charge in [-0.15, -0.1) is 0 Å². The van der Waals surface area contributed by atoms with E-state index in [9.17, 15) is 4.79 Å². The van der Waals surface area contributed by atoms with Gasteiger partial charge in [0.15, 0.2) is 5.82 Å². The number of ether oxygens (including phenoxy) is 1. The number of hydrogen-bond donors (Lipinski definition) is 2. The first-order valence-corrected chi connectivity index (χ1v) is 7.14. The Bertz CT molecular complexity index is 782. The van der Waals surface area contributed by atoms with Gasteiger partial charge in [-0.3, -0.25) is 9.78 Å². The molecule has 2 aromatic heterocycles. The molecular weight excluding hydrogens is 292 g/mol. The van der Waals surface area contributed by atoms with Gasteiger partial charge in [-0.25, -0.2) is 4.98 Å². The number of aromatic amines is 1. The molecule has 1 amide bonds. The summed E-state index contributed by atoms with van der Waals surface area (Å²) in [7, 11) is 1.61. The van der Waals surface area contributed by atoms with Gasteiger partial charge in [-0.05, 0) is 29.8 Å².